The first kappa shape index (κ1) is 22.9. The summed E-state index contributed by atoms with van der Waals surface area (Å²) in [6, 6.07) is 3.53. The van der Waals surface area contributed by atoms with Gasteiger partial charge in [-0.1, -0.05) is 0 Å². The topological polar surface area (TPSA) is 140 Å². The van der Waals surface area contributed by atoms with E-state index in [9.17, 15) is 26.4 Å². The Kier molecular flexibility index (Phi) is 5.52. The van der Waals surface area contributed by atoms with Gasteiger partial charge in [0.25, 0.3) is 12.3 Å². The van der Waals surface area contributed by atoms with Crippen molar-refractivity contribution in [3.05, 3.63) is 53.4 Å². The maximum Gasteiger partial charge on any atom is 0.281 e. The van der Waals surface area contributed by atoms with E-state index in [1.165, 1.54) is 19.2 Å². The molecule has 3 heterocycles. The molecule has 0 radical (unpaired) electrons. The van der Waals surface area contributed by atoms with Crippen molar-refractivity contribution < 1.29 is 31.1 Å². The Morgan fingerprint density at radius 3 is 2.70 bits per heavy atom. The number of ether oxygens (including phenoxy) is 1. The number of halogens is 3. The molecule has 4 rings (SSSR count). The number of carbonyl (C=O) groups is 1. The highest BCUT2D eigenvalue weighted by Crippen LogP contribution is 2.46. The molecule has 0 bridgehead atoms. The second kappa shape index (κ2) is 7.95. The van der Waals surface area contributed by atoms with Crippen LogP contribution in [0.25, 0.3) is 0 Å². The van der Waals surface area contributed by atoms with E-state index in [1.54, 1.807) is 6.92 Å². The van der Waals surface area contributed by atoms with Gasteiger partial charge in [-0.05, 0) is 25.1 Å². The lowest BCUT2D eigenvalue weighted by Gasteiger charge is -2.39. The summed E-state index contributed by atoms with van der Waals surface area (Å²) < 4.78 is 72.7. The molecule has 14 heteroatoms. The molecule has 1 saturated heterocycles. The Hall–Kier alpha value is -3.26. The standard InChI is InChI=1S/C19H19F3N6O4S/c1-9-15-19(8-32-9,27-18(23)28(2)33(15,30)31)11-5-10(3-4-12(11)20)26-17(29)14-7-24-13(6-25-14)16(21)22/h3-7,9,15-16H,8H2,1-2H3,(H2,23,27)(H,26,29). The largest absolute Gasteiger partial charge is 0.374 e. The van der Waals surface area contributed by atoms with Crippen LogP contribution >= 0.6 is 0 Å². The number of nitrogens with one attached hydrogen (secondary N) is 1. The van der Waals surface area contributed by atoms with Crippen molar-refractivity contribution in [3.8, 4) is 0 Å². The number of sulfonamides is 1. The Labute approximate surface area is 186 Å². The van der Waals surface area contributed by atoms with Crippen LogP contribution in [0.15, 0.2) is 35.6 Å². The van der Waals surface area contributed by atoms with Crippen molar-refractivity contribution in [3.63, 3.8) is 0 Å². The second-order valence-corrected chi connectivity index (χ2v) is 9.70. The van der Waals surface area contributed by atoms with Crippen LogP contribution in [0.5, 0.6) is 0 Å². The first-order chi connectivity index (χ1) is 15.5. The number of hydrogen-bond acceptors (Lipinski definition) is 8. The highest BCUT2D eigenvalue weighted by molar-refractivity contribution is 7.90. The predicted octanol–water partition coefficient (Wildman–Crippen LogP) is 1.38. The zero-order valence-electron chi connectivity index (χ0n) is 17.4. The van der Waals surface area contributed by atoms with Gasteiger partial charge in [-0.25, -0.2) is 35.9 Å². The molecule has 1 fully saturated rings. The van der Waals surface area contributed by atoms with Gasteiger partial charge in [-0.15, -0.1) is 0 Å². The van der Waals surface area contributed by atoms with E-state index in [0.29, 0.717) is 0 Å². The molecule has 1 aromatic carbocycles. The highest BCUT2D eigenvalue weighted by atomic mass is 32.2. The van der Waals surface area contributed by atoms with Crippen molar-refractivity contribution in [2.45, 2.75) is 30.2 Å². The number of nitrogens with zero attached hydrogens (tertiary/aromatic N) is 4. The van der Waals surface area contributed by atoms with Gasteiger partial charge in [0.1, 0.15) is 28.0 Å². The summed E-state index contributed by atoms with van der Waals surface area (Å²) in [5.41, 5.74) is 3.29. The fourth-order valence-electron chi connectivity index (χ4n) is 3.97. The number of guanidine groups is 1. The first-order valence-electron chi connectivity index (χ1n) is 9.63. The van der Waals surface area contributed by atoms with E-state index >= 15 is 0 Å². The minimum absolute atomic E-state index is 0.0916. The third-order valence-electron chi connectivity index (χ3n) is 5.62. The van der Waals surface area contributed by atoms with Gasteiger partial charge < -0.3 is 15.8 Å². The Balaban J connectivity index is 1.72. The van der Waals surface area contributed by atoms with Gasteiger partial charge in [0.15, 0.2) is 0 Å². The van der Waals surface area contributed by atoms with E-state index < -0.39 is 50.8 Å². The summed E-state index contributed by atoms with van der Waals surface area (Å²) in [6.45, 7) is 1.29. The summed E-state index contributed by atoms with van der Waals surface area (Å²) in [7, 11) is -2.79. The normalized spacial score (nSPS) is 26.1. The molecule has 3 N–H and O–H groups in total. The molecule has 0 spiro atoms. The monoisotopic (exact) mass is 484 g/mol. The third-order valence-corrected chi connectivity index (χ3v) is 7.99. The third kappa shape index (κ3) is 3.68. The Bertz CT molecular complexity index is 1240. The summed E-state index contributed by atoms with van der Waals surface area (Å²) in [5, 5.41) is 1.21. The minimum atomic E-state index is -4.03. The van der Waals surface area contributed by atoms with Gasteiger partial charge in [0.2, 0.25) is 16.0 Å². The van der Waals surface area contributed by atoms with E-state index in [4.69, 9.17) is 10.5 Å². The van der Waals surface area contributed by atoms with Gasteiger partial charge in [-0.2, -0.15) is 0 Å². The van der Waals surface area contributed by atoms with E-state index in [0.717, 1.165) is 22.8 Å². The van der Waals surface area contributed by atoms with Gasteiger partial charge in [0, 0.05) is 18.3 Å². The number of rotatable bonds is 4. The van der Waals surface area contributed by atoms with E-state index in [1.807, 2.05) is 0 Å². The number of carbonyl (C=O) groups excluding carboxylic acids is 1. The molecule has 10 nitrogen and oxygen atoms in total. The summed E-state index contributed by atoms with van der Waals surface area (Å²) in [4.78, 5) is 23.9. The second-order valence-electron chi connectivity index (χ2n) is 7.62. The molecule has 3 unspecified atom stereocenters. The summed E-state index contributed by atoms with van der Waals surface area (Å²) in [6.07, 6.45) is -1.99. The van der Waals surface area contributed by atoms with Gasteiger partial charge >= 0.3 is 0 Å². The maximum atomic E-state index is 15.0. The van der Waals surface area contributed by atoms with E-state index in [2.05, 4.69) is 20.3 Å². The average Bonchev–Trinajstić information content (AvgIpc) is 3.11. The number of anilines is 1. The quantitative estimate of drug-likeness (QED) is 0.668. The molecule has 176 valence electrons. The molecule has 0 saturated carbocycles. The molecule has 2 aromatic rings. The van der Waals surface area contributed by atoms with Crippen LogP contribution in [-0.2, 0) is 20.3 Å². The first-order valence-corrected chi connectivity index (χ1v) is 11.1. The van der Waals surface area contributed by atoms with Crippen LogP contribution in [0.1, 0.15) is 35.1 Å². The molecule has 1 amide bonds. The molecule has 1 aromatic heterocycles. The van der Waals surface area contributed by atoms with Crippen molar-refractivity contribution in [1.29, 1.82) is 0 Å². The molecule has 33 heavy (non-hydrogen) atoms. The van der Waals surface area contributed by atoms with Crippen LogP contribution in [0.2, 0.25) is 0 Å². The molecule has 3 atom stereocenters. The predicted molar refractivity (Wildman–Crippen MR) is 111 cm³/mol. The highest BCUT2D eigenvalue weighted by Gasteiger charge is 2.61. The number of fused-ring (bicyclic) bond motifs is 1. The lowest BCUT2D eigenvalue weighted by atomic mass is 9.86. The Morgan fingerprint density at radius 1 is 1.33 bits per heavy atom. The van der Waals surface area contributed by atoms with Crippen molar-refractivity contribution >= 4 is 27.6 Å². The zero-order chi connectivity index (χ0) is 24.1. The van der Waals surface area contributed by atoms with Crippen LogP contribution in [0, 0.1) is 5.82 Å². The SMILES string of the molecule is CC1OCC2(c3cc(NC(=O)c4cnc(C(F)F)cn4)ccc3F)N=C(N)N(C)S(=O)(=O)C12. The number of amides is 1. The zero-order valence-corrected chi connectivity index (χ0v) is 18.2. The fourth-order valence-corrected chi connectivity index (χ4v) is 5.91. The number of aliphatic imine (C=N–C) groups is 1. The number of benzene rings is 1. The van der Waals surface area contributed by atoms with Gasteiger partial charge in [-0.3, -0.25) is 9.78 Å². The van der Waals surface area contributed by atoms with Gasteiger partial charge in [0.05, 0.1) is 25.1 Å². The number of hydrogen-bond donors (Lipinski definition) is 2. The number of alkyl halides is 2. The maximum absolute atomic E-state index is 15.0. The molecule has 0 aliphatic carbocycles. The fraction of sp³-hybridized carbons (Fsp3) is 0.368. The lowest BCUT2D eigenvalue weighted by Crippen LogP contribution is -2.58. The van der Waals surface area contributed by atoms with E-state index in [-0.39, 0.29) is 29.5 Å². The Morgan fingerprint density at radius 2 is 2.06 bits per heavy atom. The van der Waals surface area contributed by atoms with Crippen molar-refractivity contribution in [1.82, 2.24) is 14.3 Å². The lowest BCUT2D eigenvalue weighted by molar-refractivity contribution is 0.102. The smallest absolute Gasteiger partial charge is 0.281 e. The van der Waals surface area contributed by atoms with Crippen molar-refractivity contribution in [2.24, 2.45) is 10.7 Å². The van der Waals surface area contributed by atoms with Crippen LogP contribution in [0.3, 0.4) is 0 Å². The van der Waals surface area contributed by atoms with Crippen LogP contribution in [0.4, 0.5) is 18.9 Å². The molecular formula is C19H19F3N6O4S. The summed E-state index contributed by atoms with van der Waals surface area (Å²) in [5.74, 6) is -1.88. The molecule has 2 aliphatic rings. The van der Waals surface area contributed by atoms with Crippen LogP contribution in [-0.4, -0.2) is 59.6 Å². The average molecular weight is 484 g/mol. The van der Waals surface area contributed by atoms with Crippen molar-refractivity contribution in [2.75, 3.05) is 19.0 Å². The molecular weight excluding hydrogens is 465 g/mol. The van der Waals surface area contributed by atoms with Crippen LogP contribution < -0.4 is 11.1 Å². The summed E-state index contributed by atoms with van der Waals surface area (Å²) >= 11 is 0. The number of nitrogens with two attached hydrogens (primary N) is 1. The minimum Gasteiger partial charge on any atom is -0.374 e. The number of aromatic nitrogens is 2. The molecule has 2 aliphatic heterocycles.